The molecule has 46 heteroatoms. The highest BCUT2D eigenvalue weighted by Crippen LogP contribution is 2.40. The van der Waals surface area contributed by atoms with Crippen molar-refractivity contribution in [3.05, 3.63) is 0 Å². The molecule has 0 saturated carbocycles. The zero-order chi connectivity index (χ0) is 77.2. The summed E-state index contributed by atoms with van der Waals surface area (Å²) in [7, 11) is 0. The zero-order valence-corrected chi connectivity index (χ0v) is 56.5. The van der Waals surface area contributed by atoms with Crippen LogP contribution >= 0.6 is 0 Å². The first-order valence-electron chi connectivity index (χ1n) is 33.0. The summed E-state index contributed by atoms with van der Waals surface area (Å²) in [5.41, 5.74) is 0. The molecular formula is C58H99N5O41. The third kappa shape index (κ3) is 20.3. The minimum Gasteiger partial charge on any atom is -0.394 e. The molecule has 7 aliphatic rings. The first kappa shape index (κ1) is 87.1. The Morgan fingerprint density at radius 3 is 1.03 bits per heavy atom. The molecule has 0 aliphatic carbocycles. The number of carbonyl (C=O) groups excluding carboxylic acids is 5. The summed E-state index contributed by atoms with van der Waals surface area (Å²) in [4.78, 5) is 63.2. The van der Waals surface area contributed by atoms with Crippen molar-refractivity contribution in [2.45, 2.75) is 274 Å². The molecule has 0 bridgehead atoms. The maximum absolute atomic E-state index is 13.1. The molecule has 7 saturated heterocycles. The van der Waals surface area contributed by atoms with E-state index in [1.807, 2.05) is 0 Å². The number of rotatable bonds is 31. The second kappa shape index (κ2) is 39.0. The predicted molar refractivity (Wildman–Crippen MR) is 325 cm³/mol. The van der Waals surface area contributed by atoms with Crippen molar-refractivity contribution in [2.75, 3.05) is 59.5 Å². The Bertz CT molecular complexity index is 2710. The summed E-state index contributed by atoms with van der Waals surface area (Å²) in [5, 5.41) is 256. The molecule has 7 aliphatic heterocycles. The minimum atomic E-state index is -2.67. The molecule has 0 aromatic rings. The van der Waals surface area contributed by atoms with Crippen molar-refractivity contribution in [3.8, 4) is 0 Å². The van der Waals surface area contributed by atoms with Gasteiger partial charge in [-0.2, -0.15) is 0 Å². The number of aliphatic hydroxyl groups is 22. The fourth-order valence-corrected chi connectivity index (χ4v) is 13.0. The van der Waals surface area contributed by atoms with Crippen LogP contribution in [0.5, 0.6) is 0 Å². The van der Waals surface area contributed by atoms with Gasteiger partial charge in [0.2, 0.25) is 29.5 Å². The molecule has 27 N–H and O–H groups in total. The van der Waals surface area contributed by atoms with E-state index in [-0.39, 0.29) is 0 Å². The summed E-state index contributed by atoms with van der Waals surface area (Å²) < 4.78 is 85.5. The Morgan fingerprint density at radius 2 is 0.654 bits per heavy atom. The molecule has 602 valence electrons. The van der Waals surface area contributed by atoms with Crippen LogP contribution in [0.2, 0.25) is 0 Å². The van der Waals surface area contributed by atoms with E-state index in [9.17, 15) is 136 Å². The molecule has 5 amide bonds. The Morgan fingerprint density at radius 1 is 0.327 bits per heavy atom. The largest absolute Gasteiger partial charge is 0.394 e. The number of ether oxygens (including phenoxy) is 14. The monoisotopic (exact) mass is 1520 g/mol. The number of carbonyl (C=O) groups is 5. The van der Waals surface area contributed by atoms with Crippen molar-refractivity contribution in [3.63, 3.8) is 0 Å². The molecule has 46 nitrogen and oxygen atoms in total. The maximum atomic E-state index is 13.1. The molecular weight excluding hydrogens is 1420 g/mol. The standard InChI is InChI=1S/C58H99N5O41/c1-15(72)59-20(6-64)33(78)46(21(77)7-65)99-55-32(63-19(5)76)42(87)47(27(13-71)97-55)100-56-45(90)49(102-58-51(44(89)38(83)26(12-70)96-58)104-54-31(62-18(4)75)41(86)36(81)24(10-68)94-54)48(101-52-29(60-16(2)73)39(84)34(79)22(8-66)92-52)28(98-56)14-91-57-50(43(88)37(82)25(11-69)95-57)103-53-30(61-17(3)74)40(85)35(80)23(9-67)93-53/h20-58,64-71,77-90H,6-14H2,1-5H3,(H,59,72)(H,60,73)(H,61,74)(H,62,75)(H,63,76)/t20-,21+,22+,23+,24+,25+,26+,27+,28+,29+,30+,31+,32+,33+,34+,35+,36+,37+,38+,39+,40+,41+,42+,43-,44-,45-,46+,47+,48+,49+,50-,51-,52-,53-,54-,55-,56+,57-,58+/m0/s1. The quantitative estimate of drug-likeness (QED) is 0.0306. The van der Waals surface area contributed by atoms with Crippen LogP contribution in [0.4, 0.5) is 0 Å². The van der Waals surface area contributed by atoms with Crippen LogP contribution in [0.3, 0.4) is 0 Å². The molecule has 7 heterocycles. The van der Waals surface area contributed by atoms with Crippen molar-refractivity contribution in [2.24, 2.45) is 0 Å². The third-order valence-electron chi connectivity index (χ3n) is 18.3. The molecule has 0 spiro atoms. The molecule has 7 fully saturated rings. The fourth-order valence-electron chi connectivity index (χ4n) is 13.0. The van der Waals surface area contributed by atoms with Gasteiger partial charge < -0.3 is 205 Å². The molecule has 0 radical (unpaired) electrons. The summed E-state index contributed by atoms with van der Waals surface area (Å²) >= 11 is 0. The smallest absolute Gasteiger partial charge is 0.217 e. The number of hydrogen-bond donors (Lipinski definition) is 27. The van der Waals surface area contributed by atoms with Gasteiger partial charge in [-0.1, -0.05) is 0 Å². The lowest BCUT2D eigenvalue weighted by atomic mass is 9.93. The highest BCUT2D eigenvalue weighted by atomic mass is 16.8. The van der Waals surface area contributed by atoms with E-state index < -0.39 is 328 Å². The van der Waals surface area contributed by atoms with Crippen molar-refractivity contribution >= 4 is 29.5 Å². The number of amides is 5. The molecule has 0 aromatic heterocycles. The van der Waals surface area contributed by atoms with Crippen LogP contribution in [0.1, 0.15) is 34.6 Å². The van der Waals surface area contributed by atoms with Crippen LogP contribution < -0.4 is 26.6 Å². The first-order chi connectivity index (χ1) is 49.1. The normalized spacial score (nSPS) is 44.0. The third-order valence-corrected chi connectivity index (χ3v) is 18.3. The number of aliphatic hydroxyl groups excluding tert-OH is 22. The van der Waals surface area contributed by atoms with Gasteiger partial charge in [-0.25, -0.2) is 0 Å². The van der Waals surface area contributed by atoms with E-state index in [4.69, 9.17) is 66.3 Å². The van der Waals surface area contributed by atoms with E-state index in [0.29, 0.717) is 0 Å². The van der Waals surface area contributed by atoms with Gasteiger partial charge in [0.15, 0.2) is 44.0 Å². The molecule has 104 heavy (non-hydrogen) atoms. The Kier molecular flexibility index (Phi) is 32.7. The van der Waals surface area contributed by atoms with Crippen LogP contribution in [-0.4, -0.2) is 440 Å². The summed E-state index contributed by atoms with van der Waals surface area (Å²) in [5.74, 6) is -4.52. The Balaban J connectivity index is 1.41. The lowest BCUT2D eigenvalue weighted by Crippen LogP contribution is -2.71. The van der Waals surface area contributed by atoms with Crippen LogP contribution in [0, 0.1) is 0 Å². The van der Waals surface area contributed by atoms with Crippen LogP contribution in [0.15, 0.2) is 0 Å². The SMILES string of the molecule is CC(=O)N[C@H]1[C@H](O[C@@H]([C@H](O)[C@H](CO)NC(C)=O)[C@H](O)CO)O[C@H](CO)[C@@H](O[C@H]2O[C@H](CO[C@H]3O[C@H](CO)[C@@H](O)[C@H](O)[C@@H]3O[C@@H]3O[C@H](CO)[C@@H](O)[C@H](O)[C@H]3NC(C)=O)[C@@H](O[C@@H]3O[C@H](CO)[C@@H](O)[C@H](O)[C@H]3NC(C)=O)[C@H](O[C@H]3O[C@H](CO)[C@@H](O)[C@H](O)[C@@H]3O[C@@H]3O[C@H](CO)[C@@H](O)[C@H](O)[C@H]3NC(C)=O)[C@@H]2O)[C@@H]1O. The molecule has 7 rings (SSSR count). The van der Waals surface area contributed by atoms with Gasteiger partial charge in [0, 0.05) is 34.6 Å². The van der Waals surface area contributed by atoms with Gasteiger partial charge in [0.25, 0.3) is 0 Å². The average Bonchev–Trinajstić information content (AvgIpc) is 0.759. The van der Waals surface area contributed by atoms with Crippen LogP contribution in [-0.2, 0) is 90.3 Å². The maximum Gasteiger partial charge on any atom is 0.217 e. The highest BCUT2D eigenvalue weighted by Gasteiger charge is 2.60. The van der Waals surface area contributed by atoms with E-state index in [2.05, 4.69) is 26.6 Å². The van der Waals surface area contributed by atoms with Gasteiger partial charge >= 0.3 is 0 Å². The van der Waals surface area contributed by atoms with Gasteiger partial charge in [-0.3, -0.25) is 24.0 Å². The summed E-state index contributed by atoms with van der Waals surface area (Å²) in [6, 6.07) is -9.23. The van der Waals surface area contributed by atoms with Crippen molar-refractivity contribution in [1.82, 2.24) is 26.6 Å². The zero-order valence-electron chi connectivity index (χ0n) is 56.5. The minimum absolute atomic E-state index is 0.813. The molecule has 39 atom stereocenters. The van der Waals surface area contributed by atoms with Gasteiger partial charge in [0.1, 0.15) is 189 Å². The molecule has 0 aromatic carbocycles. The number of hydrogen-bond acceptors (Lipinski definition) is 41. The van der Waals surface area contributed by atoms with E-state index >= 15 is 0 Å². The fraction of sp³-hybridized carbons (Fsp3) is 0.914. The van der Waals surface area contributed by atoms with Gasteiger partial charge in [-0.05, 0) is 0 Å². The molecule has 0 unspecified atom stereocenters. The second-order valence-electron chi connectivity index (χ2n) is 25.9. The van der Waals surface area contributed by atoms with Crippen LogP contribution in [0.25, 0.3) is 0 Å². The van der Waals surface area contributed by atoms with Crippen molar-refractivity contribution < 1.29 is 203 Å². The topological polar surface area (TPSA) is 720 Å². The second-order valence-corrected chi connectivity index (χ2v) is 25.9. The lowest BCUT2D eigenvalue weighted by molar-refractivity contribution is -0.407. The van der Waals surface area contributed by atoms with E-state index in [1.54, 1.807) is 0 Å². The Labute approximate surface area is 590 Å². The lowest BCUT2D eigenvalue weighted by Gasteiger charge is -2.52. The average molecular weight is 1520 g/mol. The predicted octanol–water partition coefficient (Wildman–Crippen LogP) is -18.1. The van der Waals surface area contributed by atoms with Crippen molar-refractivity contribution in [1.29, 1.82) is 0 Å². The summed E-state index contributed by atoms with van der Waals surface area (Å²) in [6.45, 7) is -5.44. The summed E-state index contributed by atoms with van der Waals surface area (Å²) in [6.07, 6.45) is -73.2. The van der Waals surface area contributed by atoms with E-state index in [0.717, 1.165) is 34.6 Å². The Hall–Kier alpha value is -4.09. The number of nitrogens with one attached hydrogen (secondary N) is 5. The first-order valence-corrected chi connectivity index (χ1v) is 33.0. The highest BCUT2D eigenvalue weighted by molar-refractivity contribution is 5.75. The van der Waals surface area contributed by atoms with Gasteiger partial charge in [-0.15, -0.1) is 0 Å². The van der Waals surface area contributed by atoms with E-state index in [1.165, 1.54) is 0 Å². The van der Waals surface area contributed by atoms with Gasteiger partial charge in [0.05, 0.1) is 65.5 Å².